The summed E-state index contributed by atoms with van der Waals surface area (Å²) in [6.07, 6.45) is 0. The van der Waals surface area contributed by atoms with Crippen molar-refractivity contribution < 1.29 is 36.6 Å². The molecule has 0 bridgehead atoms. The Morgan fingerprint density at radius 1 is 1.09 bits per heavy atom. The molecular formula is C22H23FN2O7S. The van der Waals surface area contributed by atoms with E-state index in [4.69, 9.17) is 14.2 Å². The Bertz CT molecular complexity index is 1190. The molecule has 1 atom stereocenters. The summed E-state index contributed by atoms with van der Waals surface area (Å²) in [5.41, 5.74) is 0.155. The third-order valence-electron chi connectivity index (χ3n) is 4.91. The molecule has 0 saturated heterocycles. The summed E-state index contributed by atoms with van der Waals surface area (Å²) in [7, 11) is -1.15. The quantitative estimate of drug-likeness (QED) is 0.442. The molecule has 9 nitrogen and oxygen atoms in total. The molecule has 0 spiro atoms. The molecule has 33 heavy (non-hydrogen) atoms. The third kappa shape index (κ3) is 5.25. The topological polar surface area (TPSA) is 120 Å². The number of carbonyl (C=O) groups excluding carboxylic acids is 2. The second kappa shape index (κ2) is 9.90. The highest BCUT2D eigenvalue weighted by Crippen LogP contribution is 2.36. The molecule has 0 aliphatic carbocycles. The van der Waals surface area contributed by atoms with Gasteiger partial charge in [-0.15, -0.1) is 0 Å². The molecular weight excluding hydrogens is 455 g/mol. The van der Waals surface area contributed by atoms with Crippen LogP contribution in [0.2, 0.25) is 0 Å². The largest absolute Gasteiger partial charge is 0.497 e. The van der Waals surface area contributed by atoms with Crippen LogP contribution in [0.15, 0.2) is 58.6 Å². The molecule has 0 aromatic heterocycles. The van der Waals surface area contributed by atoms with E-state index in [0.717, 1.165) is 24.3 Å². The summed E-state index contributed by atoms with van der Waals surface area (Å²) in [5, 5.41) is 5.04. The number of urea groups is 1. The van der Waals surface area contributed by atoms with E-state index in [9.17, 15) is 22.4 Å². The molecule has 2 aromatic carbocycles. The lowest BCUT2D eigenvalue weighted by Crippen LogP contribution is -2.47. The standard InChI is InChI=1S/C22H23FN2O7S/c1-4-32-21(26)19-17(12-33(28,29)15-8-5-13(23)6-9-15)24-22(27)25-20(19)16-10-7-14(30-2)11-18(16)31-3/h5-11,20H,4,12H2,1-3H3,(H2,24,25,27)/t20-/m1/s1. The normalized spacial score (nSPS) is 16.0. The molecule has 11 heteroatoms. The van der Waals surface area contributed by atoms with Gasteiger partial charge in [-0.1, -0.05) is 0 Å². The highest BCUT2D eigenvalue weighted by molar-refractivity contribution is 7.91. The summed E-state index contributed by atoms with van der Waals surface area (Å²) >= 11 is 0. The number of hydrogen-bond donors (Lipinski definition) is 2. The first-order valence-corrected chi connectivity index (χ1v) is 11.5. The van der Waals surface area contributed by atoms with Crippen LogP contribution in [0.5, 0.6) is 11.5 Å². The van der Waals surface area contributed by atoms with E-state index < -0.39 is 39.4 Å². The maximum Gasteiger partial charge on any atom is 0.338 e. The molecule has 0 fully saturated rings. The fraction of sp³-hybridized carbons (Fsp3) is 0.273. The summed E-state index contributed by atoms with van der Waals surface area (Å²) < 4.78 is 54.9. The van der Waals surface area contributed by atoms with E-state index in [0.29, 0.717) is 17.1 Å². The zero-order valence-electron chi connectivity index (χ0n) is 18.2. The number of nitrogens with one attached hydrogen (secondary N) is 2. The van der Waals surface area contributed by atoms with Crippen molar-refractivity contribution in [2.45, 2.75) is 17.9 Å². The summed E-state index contributed by atoms with van der Waals surface area (Å²) in [6, 6.07) is 7.26. The Kier molecular flexibility index (Phi) is 7.22. The second-order valence-electron chi connectivity index (χ2n) is 6.97. The number of esters is 1. The monoisotopic (exact) mass is 478 g/mol. The molecule has 2 aromatic rings. The second-order valence-corrected chi connectivity index (χ2v) is 8.95. The predicted octanol–water partition coefficient (Wildman–Crippen LogP) is 2.49. The Labute approximate surface area is 190 Å². The van der Waals surface area contributed by atoms with Crippen molar-refractivity contribution in [3.8, 4) is 11.5 Å². The zero-order chi connectivity index (χ0) is 24.2. The lowest BCUT2D eigenvalue weighted by atomic mass is 9.94. The fourth-order valence-electron chi connectivity index (χ4n) is 3.39. The van der Waals surface area contributed by atoms with Crippen molar-refractivity contribution in [2.75, 3.05) is 26.6 Å². The van der Waals surface area contributed by atoms with Gasteiger partial charge in [-0.3, -0.25) is 0 Å². The van der Waals surface area contributed by atoms with Crippen LogP contribution in [-0.2, 0) is 19.4 Å². The van der Waals surface area contributed by atoms with Gasteiger partial charge in [0.15, 0.2) is 9.84 Å². The van der Waals surface area contributed by atoms with E-state index >= 15 is 0 Å². The Hall–Kier alpha value is -3.60. The smallest absolute Gasteiger partial charge is 0.338 e. The summed E-state index contributed by atoms with van der Waals surface area (Å²) in [4.78, 5) is 25.2. The van der Waals surface area contributed by atoms with Crippen LogP contribution < -0.4 is 20.1 Å². The Morgan fingerprint density at radius 2 is 1.79 bits per heavy atom. The van der Waals surface area contributed by atoms with Gasteiger partial charge in [-0.2, -0.15) is 0 Å². The highest BCUT2D eigenvalue weighted by Gasteiger charge is 2.37. The Morgan fingerprint density at radius 3 is 2.39 bits per heavy atom. The van der Waals surface area contributed by atoms with E-state index in [2.05, 4.69) is 10.6 Å². The zero-order valence-corrected chi connectivity index (χ0v) is 19.0. The molecule has 0 unspecified atom stereocenters. The number of sulfone groups is 1. The van der Waals surface area contributed by atoms with Crippen LogP contribution in [0.3, 0.4) is 0 Å². The first kappa shape index (κ1) is 24.1. The van der Waals surface area contributed by atoms with Crippen LogP contribution in [-0.4, -0.2) is 47.0 Å². The molecule has 1 aliphatic rings. The van der Waals surface area contributed by atoms with Gasteiger partial charge in [0.2, 0.25) is 0 Å². The lowest BCUT2D eigenvalue weighted by Gasteiger charge is -2.30. The average Bonchev–Trinajstić information content (AvgIpc) is 2.78. The molecule has 2 N–H and O–H groups in total. The first-order chi connectivity index (χ1) is 15.7. The van der Waals surface area contributed by atoms with Crippen molar-refractivity contribution in [1.82, 2.24) is 10.6 Å². The minimum atomic E-state index is -4.04. The van der Waals surface area contributed by atoms with Crippen LogP contribution in [0.4, 0.5) is 9.18 Å². The van der Waals surface area contributed by atoms with Gasteiger partial charge < -0.3 is 24.8 Å². The number of benzene rings is 2. The van der Waals surface area contributed by atoms with E-state index in [1.165, 1.54) is 14.2 Å². The van der Waals surface area contributed by atoms with Crippen molar-refractivity contribution in [1.29, 1.82) is 0 Å². The number of carbonyl (C=O) groups is 2. The number of halogens is 1. The molecule has 2 amide bonds. The van der Waals surface area contributed by atoms with Gasteiger partial charge in [0.25, 0.3) is 0 Å². The number of methoxy groups -OCH3 is 2. The molecule has 3 rings (SSSR count). The number of hydrogen-bond acceptors (Lipinski definition) is 7. The van der Waals surface area contributed by atoms with Gasteiger partial charge >= 0.3 is 12.0 Å². The number of rotatable bonds is 8. The van der Waals surface area contributed by atoms with Gasteiger partial charge in [0.05, 0.1) is 43.1 Å². The predicted molar refractivity (Wildman–Crippen MR) is 116 cm³/mol. The van der Waals surface area contributed by atoms with Gasteiger partial charge in [0, 0.05) is 17.3 Å². The SMILES string of the molecule is CCOC(=O)C1=C(CS(=O)(=O)c2ccc(F)cc2)NC(=O)N[C@@H]1c1ccc(OC)cc1OC. The highest BCUT2D eigenvalue weighted by atomic mass is 32.2. The van der Waals surface area contributed by atoms with Gasteiger partial charge in [-0.05, 0) is 43.3 Å². The molecule has 1 aliphatic heterocycles. The molecule has 1 heterocycles. The average molecular weight is 478 g/mol. The summed E-state index contributed by atoms with van der Waals surface area (Å²) in [5.74, 6) is -1.32. The van der Waals surface area contributed by atoms with E-state index in [-0.39, 0.29) is 22.8 Å². The number of ether oxygens (including phenoxy) is 3. The first-order valence-electron chi connectivity index (χ1n) is 9.88. The van der Waals surface area contributed by atoms with E-state index in [1.54, 1.807) is 25.1 Å². The van der Waals surface area contributed by atoms with Gasteiger partial charge in [-0.25, -0.2) is 22.4 Å². The van der Waals surface area contributed by atoms with Crippen LogP contribution in [0.1, 0.15) is 18.5 Å². The minimum Gasteiger partial charge on any atom is -0.497 e. The maximum atomic E-state index is 13.3. The lowest BCUT2D eigenvalue weighted by molar-refractivity contribution is -0.139. The van der Waals surface area contributed by atoms with Crippen molar-refractivity contribution in [3.63, 3.8) is 0 Å². The van der Waals surface area contributed by atoms with Crippen LogP contribution >= 0.6 is 0 Å². The maximum absolute atomic E-state index is 13.3. The minimum absolute atomic E-state index is 0.0285. The molecule has 0 saturated carbocycles. The van der Waals surface area contributed by atoms with Crippen LogP contribution in [0, 0.1) is 5.82 Å². The fourth-order valence-corrected chi connectivity index (χ4v) is 4.71. The number of amides is 2. The van der Waals surface area contributed by atoms with Gasteiger partial charge in [0.1, 0.15) is 17.3 Å². The molecule has 176 valence electrons. The summed E-state index contributed by atoms with van der Waals surface area (Å²) in [6.45, 7) is 1.63. The van der Waals surface area contributed by atoms with E-state index in [1.807, 2.05) is 0 Å². The van der Waals surface area contributed by atoms with Crippen molar-refractivity contribution >= 4 is 21.8 Å². The van der Waals surface area contributed by atoms with Crippen molar-refractivity contribution in [2.24, 2.45) is 0 Å². The van der Waals surface area contributed by atoms with Crippen molar-refractivity contribution in [3.05, 3.63) is 65.1 Å². The Balaban J connectivity index is 2.14. The third-order valence-corrected chi connectivity index (χ3v) is 6.57. The molecule has 0 radical (unpaired) electrons. The van der Waals surface area contributed by atoms with Crippen LogP contribution in [0.25, 0.3) is 0 Å².